The molecule has 0 heterocycles. The van der Waals surface area contributed by atoms with E-state index in [-0.39, 0.29) is 30.3 Å². The summed E-state index contributed by atoms with van der Waals surface area (Å²) >= 11 is 0. The predicted molar refractivity (Wildman–Crippen MR) is 165 cm³/mol. The monoisotopic (exact) mass is 595 g/mol. The van der Waals surface area contributed by atoms with Crippen LogP contribution >= 0.6 is 0 Å². The van der Waals surface area contributed by atoms with Crippen LogP contribution in [-0.4, -0.2) is 63.7 Å². The summed E-state index contributed by atoms with van der Waals surface area (Å²) in [6.45, 7) is 7.11. The van der Waals surface area contributed by atoms with Crippen molar-refractivity contribution in [1.82, 2.24) is 10.2 Å². The SMILES string of the molecule is COc1ccc(OC)c(N(CC(=O)N(Cc2ccccc2C)[C@@H](Cc2ccccc2)C(=O)NC(C)(C)C)S(C)(=O)=O)c1. The average Bonchev–Trinajstić information content (AvgIpc) is 2.93. The van der Waals surface area contributed by atoms with E-state index in [9.17, 15) is 18.0 Å². The number of carbonyl (C=O) groups excluding carboxylic acids is 2. The quantitative estimate of drug-likeness (QED) is 0.334. The van der Waals surface area contributed by atoms with Crippen LogP contribution in [0.2, 0.25) is 0 Å². The highest BCUT2D eigenvalue weighted by atomic mass is 32.2. The molecule has 0 bridgehead atoms. The van der Waals surface area contributed by atoms with Gasteiger partial charge in [-0.25, -0.2) is 8.42 Å². The van der Waals surface area contributed by atoms with Crippen molar-refractivity contribution >= 4 is 27.5 Å². The van der Waals surface area contributed by atoms with Gasteiger partial charge < -0.3 is 19.7 Å². The smallest absolute Gasteiger partial charge is 0.244 e. The fraction of sp³-hybridized carbons (Fsp3) is 0.375. The Morgan fingerprint density at radius 2 is 1.57 bits per heavy atom. The first-order valence-electron chi connectivity index (χ1n) is 13.6. The fourth-order valence-electron chi connectivity index (χ4n) is 4.56. The lowest BCUT2D eigenvalue weighted by Gasteiger charge is -2.35. The van der Waals surface area contributed by atoms with E-state index in [1.54, 1.807) is 12.1 Å². The van der Waals surface area contributed by atoms with Crippen LogP contribution in [0.5, 0.6) is 11.5 Å². The number of methoxy groups -OCH3 is 2. The van der Waals surface area contributed by atoms with Crippen LogP contribution in [0.25, 0.3) is 0 Å². The molecular weight excluding hydrogens is 554 g/mol. The first-order valence-corrected chi connectivity index (χ1v) is 15.5. The van der Waals surface area contributed by atoms with Gasteiger partial charge in [0.1, 0.15) is 24.1 Å². The molecule has 3 aromatic rings. The van der Waals surface area contributed by atoms with Gasteiger partial charge in [0.05, 0.1) is 26.2 Å². The van der Waals surface area contributed by atoms with Crippen molar-refractivity contribution in [2.45, 2.75) is 52.2 Å². The van der Waals surface area contributed by atoms with Crippen molar-refractivity contribution in [1.29, 1.82) is 0 Å². The molecule has 0 radical (unpaired) electrons. The zero-order chi connectivity index (χ0) is 31.1. The minimum Gasteiger partial charge on any atom is -0.497 e. The van der Waals surface area contributed by atoms with Gasteiger partial charge in [-0.2, -0.15) is 0 Å². The van der Waals surface area contributed by atoms with E-state index < -0.39 is 34.1 Å². The number of amides is 2. The molecule has 9 nitrogen and oxygen atoms in total. The number of sulfonamides is 1. The van der Waals surface area contributed by atoms with E-state index in [4.69, 9.17) is 9.47 Å². The van der Waals surface area contributed by atoms with Crippen molar-refractivity contribution in [2.75, 3.05) is 31.3 Å². The molecule has 0 saturated heterocycles. The Kier molecular flexibility index (Phi) is 10.6. The van der Waals surface area contributed by atoms with Gasteiger partial charge in [-0.1, -0.05) is 54.6 Å². The van der Waals surface area contributed by atoms with Crippen molar-refractivity contribution in [3.05, 3.63) is 89.5 Å². The maximum atomic E-state index is 14.3. The van der Waals surface area contributed by atoms with E-state index in [0.29, 0.717) is 5.75 Å². The van der Waals surface area contributed by atoms with Crippen LogP contribution < -0.4 is 19.1 Å². The molecule has 0 aromatic heterocycles. The zero-order valence-corrected chi connectivity index (χ0v) is 26.2. The summed E-state index contributed by atoms with van der Waals surface area (Å²) in [4.78, 5) is 29.6. The van der Waals surface area contributed by atoms with Gasteiger partial charge in [0.2, 0.25) is 21.8 Å². The molecule has 1 atom stereocenters. The number of nitrogens with one attached hydrogen (secondary N) is 1. The molecule has 3 rings (SSSR count). The molecule has 0 aliphatic rings. The standard InChI is InChI=1S/C32H41N3O6S/c1-23-13-11-12-16-25(23)21-34(28(31(37)33-32(2,3)4)19-24-14-9-8-10-15-24)30(36)22-35(42(7,38)39)27-20-26(40-5)17-18-29(27)41-6/h8-18,20,28H,19,21-22H2,1-7H3,(H,33,37)/t28-/m0/s1. The molecule has 226 valence electrons. The lowest BCUT2D eigenvalue weighted by Crippen LogP contribution is -2.56. The maximum Gasteiger partial charge on any atom is 0.244 e. The van der Waals surface area contributed by atoms with E-state index >= 15 is 0 Å². The summed E-state index contributed by atoms with van der Waals surface area (Å²) in [5, 5.41) is 3.02. The van der Waals surface area contributed by atoms with E-state index in [0.717, 1.165) is 27.3 Å². The molecule has 3 aromatic carbocycles. The highest BCUT2D eigenvalue weighted by Gasteiger charge is 2.35. The third-order valence-electron chi connectivity index (χ3n) is 6.71. The second-order valence-corrected chi connectivity index (χ2v) is 13.1. The Hall–Kier alpha value is -4.05. The first-order chi connectivity index (χ1) is 19.7. The summed E-state index contributed by atoms with van der Waals surface area (Å²) in [6.07, 6.45) is 1.26. The van der Waals surface area contributed by atoms with Crippen LogP contribution in [0.4, 0.5) is 5.69 Å². The van der Waals surface area contributed by atoms with Gasteiger partial charge in [-0.15, -0.1) is 0 Å². The zero-order valence-electron chi connectivity index (χ0n) is 25.4. The highest BCUT2D eigenvalue weighted by Crippen LogP contribution is 2.34. The average molecular weight is 596 g/mol. The summed E-state index contributed by atoms with van der Waals surface area (Å²) in [5.41, 5.74) is 2.25. The topological polar surface area (TPSA) is 105 Å². The van der Waals surface area contributed by atoms with Gasteiger partial charge in [0.25, 0.3) is 0 Å². The Morgan fingerprint density at radius 3 is 2.14 bits per heavy atom. The van der Waals surface area contributed by atoms with Crippen LogP contribution in [0.3, 0.4) is 0 Å². The van der Waals surface area contributed by atoms with E-state index in [1.165, 1.54) is 25.2 Å². The molecule has 0 saturated carbocycles. The van der Waals surface area contributed by atoms with Crippen molar-refractivity contribution in [3.8, 4) is 11.5 Å². The molecule has 0 aliphatic carbocycles. The summed E-state index contributed by atoms with van der Waals surface area (Å²) < 4.78 is 38.0. The Labute approximate surface area is 249 Å². The number of benzene rings is 3. The number of rotatable bonds is 12. The molecule has 0 spiro atoms. The van der Waals surface area contributed by atoms with Crippen LogP contribution in [-0.2, 0) is 32.6 Å². The lowest BCUT2D eigenvalue weighted by atomic mass is 10.00. The molecule has 0 aliphatic heterocycles. The summed E-state index contributed by atoms with van der Waals surface area (Å²) in [7, 11) is -1.08. The number of hydrogen-bond acceptors (Lipinski definition) is 6. The number of aryl methyl sites for hydroxylation is 1. The Bertz CT molecular complexity index is 1490. The van der Waals surface area contributed by atoms with Gasteiger partial charge in [-0.3, -0.25) is 13.9 Å². The third kappa shape index (κ3) is 8.72. The van der Waals surface area contributed by atoms with E-state index in [1.807, 2.05) is 82.3 Å². The number of ether oxygens (including phenoxy) is 2. The van der Waals surface area contributed by atoms with Crippen molar-refractivity contribution < 1.29 is 27.5 Å². The molecule has 0 fully saturated rings. The summed E-state index contributed by atoms with van der Waals surface area (Å²) in [5.74, 6) is -0.224. The number of nitrogens with zero attached hydrogens (tertiary/aromatic N) is 2. The highest BCUT2D eigenvalue weighted by molar-refractivity contribution is 7.92. The largest absolute Gasteiger partial charge is 0.497 e. The van der Waals surface area contributed by atoms with Gasteiger partial charge in [-0.05, 0) is 56.5 Å². The third-order valence-corrected chi connectivity index (χ3v) is 7.83. The molecule has 1 N–H and O–H groups in total. The first kappa shape index (κ1) is 32.5. The minimum atomic E-state index is -3.97. The number of hydrogen-bond donors (Lipinski definition) is 1. The molecule has 2 amide bonds. The van der Waals surface area contributed by atoms with Gasteiger partial charge in [0, 0.05) is 24.6 Å². The summed E-state index contributed by atoms with van der Waals surface area (Å²) in [6, 6.07) is 20.8. The van der Waals surface area contributed by atoms with E-state index in [2.05, 4.69) is 5.32 Å². The van der Waals surface area contributed by atoms with Crippen LogP contribution in [0.15, 0.2) is 72.8 Å². The molecule has 42 heavy (non-hydrogen) atoms. The molecule has 10 heteroatoms. The van der Waals surface area contributed by atoms with Gasteiger partial charge in [0.15, 0.2) is 0 Å². The van der Waals surface area contributed by atoms with Crippen LogP contribution in [0, 0.1) is 6.92 Å². The second kappa shape index (κ2) is 13.7. The van der Waals surface area contributed by atoms with Crippen molar-refractivity contribution in [3.63, 3.8) is 0 Å². The number of carbonyl (C=O) groups is 2. The van der Waals surface area contributed by atoms with Gasteiger partial charge >= 0.3 is 0 Å². The predicted octanol–water partition coefficient (Wildman–Crippen LogP) is 4.33. The Balaban J connectivity index is 2.14. The lowest BCUT2D eigenvalue weighted by molar-refractivity contribution is -0.140. The fourth-order valence-corrected chi connectivity index (χ4v) is 5.41. The van der Waals surface area contributed by atoms with Crippen LogP contribution in [0.1, 0.15) is 37.5 Å². The Morgan fingerprint density at radius 1 is 0.929 bits per heavy atom. The minimum absolute atomic E-state index is 0.105. The maximum absolute atomic E-state index is 14.3. The molecule has 0 unspecified atom stereocenters. The second-order valence-electron chi connectivity index (χ2n) is 11.2. The van der Waals surface area contributed by atoms with Crippen molar-refractivity contribution in [2.24, 2.45) is 0 Å². The normalized spacial score (nSPS) is 12.3. The molecular formula is C32H41N3O6S. The number of anilines is 1.